The third-order valence-corrected chi connectivity index (χ3v) is 6.46. The van der Waals surface area contributed by atoms with Crippen molar-refractivity contribution in [3.63, 3.8) is 0 Å². The van der Waals surface area contributed by atoms with E-state index in [9.17, 15) is 9.18 Å². The summed E-state index contributed by atoms with van der Waals surface area (Å²) in [5, 5.41) is 14.2. The molecule has 5 nitrogen and oxygen atoms in total. The Morgan fingerprint density at radius 2 is 1.61 bits per heavy atom. The van der Waals surface area contributed by atoms with Crippen LogP contribution in [-0.4, -0.2) is 21.4 Å². The third-order valence-electron chi connectivity index (χ3n) is 4.44. The van der Waals surface area contributed by atoms with E-state index in [-0.39, 0.29) is 11.7 Å². The Balaban J connectivity index is 1.41. The van der Waals surface area contributed by atoms with Gasteiger partial charge in [0, 0.05) is 11.3 Å². The molecule has 8 heteroatoms. The largest absolute Gasteiger partial charge is 0.328 e. The first-order valence-electron chi connectivity index (χ1n) is 9.57. The van der Waals surface area contributed by atoms with Crippen LogP contribution in [0.15, 0.2) is 83.2 Å². The molecule has 0 saturated heterocycles. The predicted octanol–water partition coefficient (Wildman–Crippen LogP) is 6.21. The van der Waals surface area contributed by atoms with Crippen LogP contribution >= 0.6 is 23.1 Å². The molecule has 0 aliphatic heterocycles. The van der Waals surface area contributed by atoms with E-state index in [0.29, 0.717) is 15.2 Å². The van der Waals surface area contributed by atoms with E-state index in [2.05, 4.69) is 20.8 Å². The predicted molar refractivity (Wildman–Crippen MR) is 125 cm³/mol. The SMILES string of the molecule is C[C@@H](Sc1nnc(Nc2ccccc2F)s1)C(=O)Nc1ccccc1-c1ccccc1. The summed E-state index contributed by atoms with van der Waals surface area (Å²) in [7, 11) is 0. The molecule has 0 spiro atoms. The fourth-order valence-corrected chi connectivity index (χ4v) is 4.79. The van der Waals surface area contributed by atoms with E-state index >= 15 is 0 Å². The highest BCUT2D eigenvalue weighted by atomic mass is 32.2. The van der Waals surface area contributed by atoms with Crippen molar-refractivity contribution in [2.45, 2.75) is 16.5 Å². The Kier molecular flexibility index (Phi) is 6.59. The van der Waals surface area contributed by atoms with Crippen LogP contribution in [0.3, 0.4) is 0 Å². The minimum absolute atomic E-state index is 0.132. The summed E-state index contributed by atoms with van der Waals surface area (Å²) in [6.07, 6.45) is 0. The summed E-state index contributed by atoms with van der Waals surface area (Å²) in [5.74, 6) is -0.496. The van der Waals surface area contributed by atoms with Crippen LogP contribution < -0.4 is 10.6 Å². The number of anilines is 3. The van der Waals surface area contributed by atoms with Crippen molar-refractivity contribution in [2.24, 2.45) is 0 Å². The maximum absolute atomic E-state index is 13.8. The molecule has 0 radical (unpaired) electrons. The standard InChI is InChI=1S/C23H19FN4OS2/c1-15(30-23-28-27-22(31-23)26-20-14-8-6-12-18(20)24)21(29)25-19-13-7-5-11-17(19)16-9-3-2-4-10-16/h2-15H,1H3,(H,25,29)(H,26,27)/t15-/m1/s1. The minimum atomic E-state index is -0.391. The van der Waals surface area contributed by atoms with Crippen LogP contribution in [0.4, 0.5) is 20.9 Å². The Morgan fingerprint density at radius 1 is 0.935 bits per heavy atom. The molecular formula is C23H19FN4OS2. The van der Waals surface area contributed by atoms with Gasteiger partial charge in [-0.2, -0.15) is 0 Å². The van der Waals surface area contributed by atoms with Gasteiger partial charge in [0.05, 0.1) is 10.9 Å². The van der Waals surface area contributed by atoms with Gasteiger partial charge < -0.3 is 10.6 Å². The number of aromatic nitrogens is 2. The number of rotatable bonds is 7. The number of nitrogens with zero attached hydrogens (tertiary/aromatic N) is 2. The van der Waals surface area contributed by atoms with Crippen LogP contribution in [0, 0.1) is 5.82 Å². The lowest BCUT2D eigenvalue weighted by molar-refractivity contribution is -0.115. The number of amides is 1. The number of hydrogen-bond acceptors (Lipinski definition) is 6. The molecule has 0 saturated carbocycles. The van der Waals surface area contributed by atoms with Crippen molar-refractivity contribution >= 4 is 45.5 Å². The van der Waals surface area contributed by atoms with Gasteiger partial charge in [0.25, 0.3) is 0 Å². The molecule has 156 valence electrons. The normalized spacial score (nSPS) is 11.7. The van der Waals surface area contributed by atoms with Crippen molar-refractivity contribution in [3.05, 3.63) is 84.7 Å². The van der Waals surface area contributed by atoms with E-state index in [1.54, 1.807) is 18.2 Å². The van der Waals surface area contributed by atoms with Crippen molar-refractivity contribution in [2.75, 3.05) is 10.6 Å². The first-order valence-corrected chi connectivity index (χ1v) is 11.3. The zero-order valence-corrected chi connectivity index (χ0v) is 18.2. The van der Waals surface area contributed by atoms with Crippen molar-refractivity contribution in [1.29, 1.82) is 0 Å². The fourth-order valence-electron chi connectivity index (χ4n) is 2.89. The summed E-state index contributed by atoms with van der Waals surface area (Å²) in [5.41, 5.74) is 3.08. The monoisotopic (exact) mass is 450 g/mol. The van der Waals surface area contributed by atoms with Crippen LogP contribution in [-0.2, 0) is 4.79 Å². The Bertz CT molecular complexity index is 1180. The quantitative estimate of drug-likeness (QED) is 0.328. The summed E-state index contributed by atoms with van der Waals surface area (Å²) < 4.78 is 14.4. The highest BCUT2D eigenvalue weighted by Gasteiger charge is 2.19. The molecule has 4 rings (SSSR count). The molecule has 1 aromatic heterocycles. The van der Waals surface area contributed by atoms with Crippen molar-refractivity contribution < 1.29 is 9.18 Å². The minimum Gasteiger partial charge on any atom is -0.328 e. The lowest BCUT2D eigenvalue weighted by Crippen LogP contribution is -2.22. The topological polar surface area (TPSA) is 66.9 Å². The van der Waals surface area contributed by atoms with Crippen LogP contribution in [0.2, 0.25) is 0 Å². The highest BCUT2D eigenvalue weighted by molar-refractivity contribution is 8.02. The zero-order valence-electron chi connectivity index (χ0n) is 16.6. The van der Waals surface area contributed by atoms with Gasteiger partial charge in [0.1, 0.15) is 5.82 Å². The average molecular weight is 451 g/mol. The summed E-state index contributed by atoms with van der Waals surface area (Å²) in [4.78, 5) is 12.8. The molecule has 1 heterocycles. The van der Waals surface area contributed by atoms with Gasteiger partial charge >= 0.3 is 0 Å². The molecule has 1 atom stereocenters. The van der Waals surface area contributed by atoms with E-state index in [1.165, 1.54) is 29.2 Å². The molecule has 2 N–H and O–H groups in total. The van der Waals surface area contributed by atoms with Gasteiger partial charge in [0.15, 0.2) is 4.34 Å². The molecule has 31 heavy (non-hydrogen) atoms. The number of carbonyl (C=O) groups excluding carboxylic acids is 1. The zero-order chi connectivity index (χ0) is 21.6. The van der Waals surface area contributed by atoms with Crippen LogP contribution in [0.1, 0.15) is 6.92 Å². The van der Waals surface area contributed by atoms with E-state index in [0.717, 1.165) is 16.8 Å². The lowest BCUT2D eigenvalue weighted by Gasteiger charge is -2.14. The molecular weight excluding hydrogens is 431 g/mol. The Morgan fingerprint density at radius 3 is 2.39 bits per heavy atom. The Labute approximate surface area is 187 Å². The number of halogens is 1. The molecule has 1 amide bonds. The van der Waals surface area contributed by atoms with E-state index in [1.807, 2.05) is 61.5 Å². The molecule has 0 fully saturated rings. The van der Waals surface area contributed by atoms with Crippen LogP contribution in [0.25, 0.3) is 11.1 Å². The maximum atomic E-state index is 13.8. The second kappa shape index (κ2) is 9.72. The van der Waals surface area contributed by atoms with Crippen molar-refractivity contribution in [1.82, 2.24) is 10.2 Å². The number of benzene rings is 3. The first kappa shape index (κ1) is 21.0. The second-order valence-corrected chi connectivity index (χ2v) is 9.20. The molecule has 4 aromatic rings. The summed E-state index contributed by atoms with van der Waals surface area (Å²) in [6, 6.07) is 24.0. The van der Waals surface area contributed by atoms with E-state index < -0.39 is 5.25 Å². The fraction of sp³-hybridized carbons (Fsp3) is 0.0870. The van der Waals surface area contributed by atoms with Gasteiger partial charge in [-0.05, 0) is 30.7 Å². The third kappa shape index (κ3) is 5.28. The first-order chi connectivity index (χ1) is 15.1. The van der Waals surface area contributed by atoms with Gasteiger partial charge in [0.2, 0.25) is 11.0 Å². The van der Waals surface area contributed by atoms with Gasteiger partial charge in [-0.25, -0.2) is 4.39 Å². The molecule has 0 aliphatic rings. The summed E-state index contributed by atoms with van der Waals surface area (Å²) >= 11 is 2.58. The average Bonchev–Trinajstić information content (AvgIpc) is 3.23. The molecule has 0 bridgehead atoms. The molecule has 0 aliphatic carbocycles. The van der Waals surface area contributed by atoms with Gasteiger partial charge in [-0.1, -0.05) is 83.8 Å². The van der Waals surface area contributed by atoms with Gasteiger partial charge in [-0.15, -0.1) is 10.2 Å². The number of nitrogens with one attached hydrogen (secondary N) is 2. The summed E-state index contributed by atoms with van der Waals surface area (Å²) in [6.45, 7) is 1.82. The molecule has 0 unspecified atom stereocenters. The van der Waals surface area contributed by atoms with Crippen LogP contribution in [0.5, 0.6) is 0 Å². The maximum Gasteiger partial charge on any atom is 0.237 e. The number of para-hydroxylation sites is 2. The number of carbonyl (C=O) groups is 1. The number of hydrogen-bond donors (Lipinski definition) is 2. The second-order valence-electron chi connectivity index (χ2n) is 6.64. The van der Waals surface area contributed by atoms with E-state index in [4.69, 9.17) is 0 Å². The van der Waals surface area contributed by atoms with Crippen molar-refractivity contribution in [3.8, 4) is 11.1 Å². The Hall–Kier alpha value is -3.23. The lowest BCUT2D eigenvalue weighted by atomic mass is 10.0. The van der Waals surface area contributed by atoms with Gasteiger partial charge in [-0.3, -0.25) is 4.79 Å². The number of thioether (sulfide) groups is 1. The molecule has 3 aromatic carbocycles. The smallest absolute Gasteiger partial charge is 0.237 e. The highest BCUT2D eigenvalue weighted by Crippen LogP contribution is 2.32.